The Kier molecular flexibility index (Phi) is 25.3. The monoisotopic (exact) mass is 1340 g/mol. The number of aliphatic hydroxyl groups excluding tert-OH is 12. The van der Waals surface area contributed by atoms with E-state index in [0.29, 0.717) is 5.56 Å². The summed E-state index contributed by atoms with van der Waals surface area (Å²) in [6, 6.07) is 16.4. The van der Waals surface area contributed by atoms with Gasteiger partial charge in [-0.2, -0.15) is 0 Å². The molecule has 0 aromatic heterocycles. The zero-order chi connectivity index (χ0) is 68.3. The lowest BCUT2D eigenvalue weighted by molar-refractivity contribution is -0.423. The predicted molar refractivity (Wildman–Crippen MR) is 304 cm³/mol. The Morgan fingerprint density at radius 3 is 1.56 bits per heavy atom. The molecule has 0 unspecified atom stereocenters. The minimum absolute atomic E-state index is 0.0365. The molecule has 518 valence electrons. The van der Waals surface area contributed by atoms with Crippen molar-refractivity contribution in [3.8, 4) is 17.2 Å². The lowest BCUT2D eigenvalue weighted by atomic mass is 9.95. The molecule has 34 heteroatoms. The molecule has 24 atom stereocenters. The molecule has 8 rings (SSSR count). The third-order valence-electron chi connectivity index (χ3n) is 15.5. The van der Waals surface area contributed by atoms with Crippen molar-refractivity contribution in [2.75, 3.05) is 46.8 Å². The van der Waals surface area contributed by atoms with Crippen LogP contribution in [0.25, 0.3) is 12.2 Å². The first kappa shape index (κ1) is 72.9. The number of aliphatic hydroxyl groups is 12. The molecule has 94 heavy (non-hydrogen) atoms. The van der Waals surface area contributed by atoms with Crippen LogP contribution in [0, 0.1) is 0 Å². The number of aromatic hydroxyl groups is 2. The first-order valence-corrected chi connectivity index (χ1v) is 29.1. The Morgan fingerprint density at radius 2 is 1.00 bits per heavy atom. The van der Waals surface area contributed by atoms with Crippen LogP contribution < -0.4 is 4.74 Å². The molecule has 0 radical (unpaired) electrons. The number of methoxy groups -OCH3 is 1. The third-order valence-corrected chi connectivity index (χ3v) is 15.5. The molecule has 5 fully saturated rings. The van der Waals surface area contributed by atoms with Crippen LogP contribution in [0.15, 0.2) is 84.9 Å². The van der Waals surface area contributed by atoms with Gasteiger partial charge in [0.2, 0.25) is 5.79 Å². The van der Waals surface area contributed by atoms with Crippen LogP contribution in [0.5, 0.6) is 17.2 Å². The van der Waals surface area contributed by atoms with E-state index >= 15 is 0 Å². The first-order chi connectivity index (χ1) is 44.8. The minimum Gasteiger partial charge on any atom is -0.508 e. The van der Waals surface area contributed by atoms with E-state index in [4.69, 9.17) is 71.1 Å². The van der Waals surface area contributed by atoms with Crippen molar-refractivity contribution < 1.29 is 167 Å². The normalized spacial score (nSPS) is 36.0. The number of esters is 5. The second-order valence-corrected chi connectivity index (χ2v) is 22.0. The average molecular weight is 1340 g/mol. The van der Waals surface area contributed by atoms with Crippen LogP contribution in [0.1, 0.15) is 35.3 Å². The van der Waals surface area contributed by atoms with Crippen LogP contribution >= 0.6 is 0 Å². The molecule has 5 heterocycles. The summed E-state index contributed by atoms with van der Waals surface area (Å²) < 4.78 is 89.0. The van der Waals surface area contributed by atoms with Crippen molar-refractivity contribution in [3.05, 3.63) is 102 Å². The highest BCUT2D eigenvalue weighted by atomic mass is 16.8. The predicted octanol–water partition coefficient (Wildman–Crippen LogP) is -4.97. The first-order valence-electron chi connectivity index (χ1n) is 29.1. The Bertz CT molecular complexity index is 3060. The van der Waals surface area contributed by atoms with Crippen molar-refractivity contribution in [3.63, 3.8) is 0 Å². The van der Waals surface area contributed by atoms with Gasteiger partial charge in [0.05, 0.1) is 32.5 Å². The molecule has 0 saturated carbocycles. The van der Waals surface area contributed by atoms with Gasteiger partial charge in [0.1, 0.15) is 129 Å². The molecule has 5 saturated heterocycles. The zero-order valence-corrected chi connectivity index (χ0v) is 50.2. The molecule has 3 aromatic carbocycles. The molecular formula is C60H74O34. The molecule has 0 amide bonds. The number of carbonyl (C=O) groups is 5. The summed E-state index contributed by atoms with van der Waals surface area (Å²) in [5, 5.41) is 153. The van der Waals surface area contributed by atoms with Gasteiger partial charge in [-0.1, -0.05) is 36.4 Å². The summed E-state index contributed by atoms with van der Waals surface area (Å²) in [7, 11) is 1.25. The molecule has 0 spiro atoms. The highest BCUT2D eigenvalue weighted by Crippen LogP contribution is 2.43. The molecule has 0 aliphatic carbocycles. The van der Waals surface area contributed by atoms with Gasteiger partial charge in [-0.3, -0.25) is 9.59 Å². The number of phenols is 2. The third kappa shape index (κ3) is 17.4. The fourth-order valence-corrected chi connectivity index (χ4v) is 10.5. The number of ether oxygens (including phenoxy) is 15. The molecule has 5 aliphatic rings. The van der Waals surface area contributed by atoms with Gasteiger partial charge in [0, 0.05) is 26.0 Å². The smallest absolute Gasteiger partial charge is 0.338 e. The lowest BCUT2D eigenvalue weighted by Gasteiger charge is -2.51. The molecular weight excluding hydrogens is 1260 g/mol. The van der Waals surface area contributed by atoms with Crippen molar-refractivity contribution in [1.29, 1.82) is 0 Å². The number of phenolic OH excluding ortho intramolecular Hbond substituents is 2. The molecule has 14 N–H and O–H groups in total. The van der Waals surface area contributed by atoms with Gasteiger partial charge in [0.15, 0.2) is 48.9 Å². The standard InChI is InChI=1S/C60H74O34/c1-26(64)81-23-37-50(89-56-47(76)44(73)41(70)34(20-61)84-56)46(75)49(78)58(86-37)90-52-51(88-40(69)18-13-29-11-16-32(67)33(19-29)80-3)38(24-82-27(2)65)87-59(53(52)91-57-48(77)45(74)42(71)35(21-62)85-57)94-60(25-83-39(68)17-12-28-9-14-31(66)15-10-28)54(43(72)36(22-63)93-60)92-55(79)30-7-5-4-6-8-30/h4-19,34-38,41-54,56-59,61-63,66-67,70-78H,20-25H2,1-3H3/b17-12+,18-13+/t34-,35-,36-,37-,38+,41+,42+,43+,44-,45-,46+,47+,48+,49+,50+,51+,52-,53+,54-,56+,57+,58-,59+,60-/m0/s1. The van der Waals surface area contributed by atoms with Gasteiger partial charge < -0.3 is 143 Å². The quantitative estimate of drug-likeness (QED) is 0.0215. The summed E-state index contributed by atoms with van der Waals surface area (Å²) >= 11 is 0. The number of rotatable bonds is 25. The fourth-order valence-electron chi connectivity index (χ4n) is 10.5. The highest BCUT2D eigenvalue weighted by molar-refractivity contribution is 5.90. The van der Waals surface area contributed by atoms with E-state index in [1.807, 2.05) is 0 Å². The maximum Gasteiger partial charge on any atom is 0.338 e. The van der Waals surface area contributed by atoms with Crippen molar-refractivity contribution in [2.24, 2.45) is 0 Å². The molecule has 5 aliphatic heterocycles. The fraction of sp³-hybridized carbons (Fsp3) is 0.550. The van der Waals surface area contributed by atoms with E-state index in [-0.39, 0.29) is 28.4 Å². The Balaban J connectivity index is 1.29. The molecule has 3 aromatic rings. The van der Waals surface area contributed by atoms with Crippen LogP contribution in [0.3, 0.4) is 0 Å². The Labute approximate surface area is 533 Å². The summed E-state index contributed by atoms with van der Waals surface area (Å²) in [6.45, 7) is -4.45. The second kappa shape index (κ2) is 32.7. The maximum atomic E-state index is 14.4. The second-order valence-electron chi connectivity index (χ2n) is 22.0. The average Bonchev–Trinajstić information content (AvgIpc) is 1.34. The van der Waals surface area contributed by atoms with Gasteiger partial charge in [-0.15, -0.1) is 0 Å². The summed E-state index contributed by atoms with van der Waals surface area (Å²) in [4.78, 5) is 67.5. The van der Waals surface area contributed by atoms with E-state index in [1.165, 1.54) is 86.0 Å². The van der Waals surface area contributed by atoms with Crippen molar-refractivity contribution in [2.45, 2.75) is 161 Å². The molecule has 0 bridgehead atoms. The van der Waals surface area contributed by atoms with Gasteiger partial charge >= 0.3 is 29.8 Å². The van der Waals surface area contributed by atoms with E-state index in [1.54, 1.807) is 6.07 Å². The number of carbonyl (C=O) groups excluding carboxylic acids is 5. The number of hydrogen-bond donors (Lipinski definition) is 14. The van der Waals surface area contributed by atoms with E-state index < -0.39 is 216 Å². The zero-order valence-electron chi connectivity index (χ0n) is 50.2. The largest absolute Gasteiger partial charge is 0.508 e. The number of hydrogen-bond acceptors (Lipinski definition) is 34. The lowest BCUT2D eigenvalue weighted by Crippen LogP contribution is -2.69. The summed E-state index contributed by atoms with van der Waals surface area (Å²) in [5.74, 6) is -9.18. The van der Waals surface area contributed by atoms with Gasteiger partial charge in [0.25, 0.3) is 0 Å². The van der Waals surface area contributed by atoms with Crippen LogP contribution in [0.2, 0.25) is 0 Å². The van der Waals surface area contributed by atoms with Gasteiger partial charge in [-0.25, -0.2) is 14.4 Å². The Morgan fingerprint density at radius 1 is 0.500 bits per heavy atom. The molecule has 34 nitrogen and oxygen atoms in total. The van der Waals surface area contributed by atoms with Gasteiger partial charge in [-0.05, 0) is 59.7 Å². The Hall–Kier alpha value is -6.95. The maximum absolute atomic E-state index is 14.4. The van der Waals surface area contributed by atoms with Crippen LogP contribution in [0.4, 0.5) is 0 Å². The number of benzene rings is 3. The van der Waals surface area contributed by atoms with Crippen molar-refractivity contribution in [1.82, 2.24) is 0 Å². The summed E-state index contributed by atoms with van der Waals surface area (Å²) in [5.41, 5.74) is 0.420. The van der Waals surface area contributed by atoms with E-state index in [9.17, 15) is 95.5 Å². The highest BCUT2D eigenvalue weighted by Gasteiger charge is 2.64. The van der Waals surface area contributed by atoms with E-state index in [0.717, 1.165) is 26.0 Å². The minimum atomic E-state index is -3.00. The summed E-state index contributed by atoms with van der Waals surface area (Å²) in [6.07, 6.45) is -45.4. The van der Waals surface area contributed by atoms with Crippen LogP contribution in [-0.4, -0.2) is 295 Å². The topological polar surface area (TPSA) is 507 Å². The SMILES string of the molecule is COc1cc(/C=C/C(=O)O[C@H]2[C@H](O[C@@H]3O[C@@H](COC(C)=O)[C@@H](O[C@H]4O[C@@H](CO)[C@@H](O)[C@H](O)[C@H]4O)[C@H](O)[C@H]3O)[C@@H](O[C@H]3O[C@@H](CO)[C@@H](O)[C@H](O)[C@H]3O)[C@@H](O[C@]3(COC(=O)/C=C/c4ccc(O)cc4)O[C@@H](CO)[C@@H](O)[C@@H]3OC(=O)c3ccccc3)O[C@@H]2COC(C)=O)ccc1O. The van der Waals surface area contributed by atoms with Crippen LogP contribution in [-0.2, 0) is 85.5 Å². The van der Waals surface area contributed by atoms with Crippen molar-refractivity contribution >= 4 is 42.0 Å². The van der Waals surface area contributed by atoms with E-state index in [2.05, 4.69) is 0 Å².